The molecule has 10 heteroatoms. The van der Waals surface area contributed by atoms with Crippen molar-refractivity contribution >= 4 is 18.0 Å². The fourth-order valence-corrected chi connectivity index (χ4v) is 4.52. The third-order valence-electron chi connectivity index (χ3n) is 6.40. The van der Waals surface area contributed by atoms with Crippen molar-refractivity contribution in [2.24, 2.45) is 5.41 Å². The number of piperidine rings is 1. The molecule has 0 aromatic heterocycles. The molecule has 35 heavy (non-hydrogen) atoms. The molecule has 2 aliphatic rings. The fourth-order valence-electron chi connectivity index (χ4n) is 4.52. The summed E-state index contributed by atoms with van der Waals surface area (Å²) < 4.78 is 50.4. The van der Waals surface area contributed by atoms with E-state index in [4.69, 9.17) is 9.47 Å². The van der Waals surface area contributed by atoms with Gasteiger partial charge in [-0.25, -0.2) is 9.59 Å². The van der Waals surface area contributed by atoms with Crippen LogP contribution in [0.1, 0.15) is 62.4 Å². The highest BCUT2D eigenvalue weighted by molar-refractivity contribution is 5.89. The lowest BCUT2D eigenvalue weighted by atomic mass is 9.73. The van der Waals surface area contributed by atoms with Crippen LogP contribution in [0.15, 0.2) is 24.3 Å². The minimum absolute atomic E-state index is 0.0688. The first-order valence-electron chi connectivity index (χ1n) is 11.8. The number of methoxy groups -OCH3 is 1. The number of halogens is 3. The Balaban J connectivity index is 1.86. The lowest BCUT2D eigenvalue weighted by Crippen LogP contribution is -2.53. The van der Waals surface area contributed by atoms with Gasteiger partial charge in [-0.1, -0.05) is 12.1 Å². The Kier molecular flexibility index (Phi) is 7.71. The first-order valence-corrected chi connectivity index (χ1v) is 11.8. The Bertz CT molecular complexity index is 945. The first kappa shape index (κ1) is 26.8. The largest absolute Gasteiger partial charge is 0.471 e. The molecular weight excluding hydrogens is 465 g/mol. The predicted molar refractivity (Wildman–Crippen MR) is 122 cm³/mol. The minimum atomic E-state index is -4.95. The first-order chi connectivity index (χ1) is 16.2. The van der Waals surface area contributed by atoms with Crippen molar-refractivity contribution in [3.05, 3.63) is 35.4 Å². The standard InChI is InChI=1S/C25H33F3N2O5/c1-23(2,3)35-22(33)29-12-10-24(11-13-29,15-17-6-5-7-18(14-17)20(31)34-4)16-30(19-8-9-19)21(32)25(26,27)28/h5-7,14,19H,8-13,15-16H2,1-4H3. The van der Waals surface area contributed by atoms with Gasteiger partial charge in [-0.05, 0) is 76.0 Å². The zero-order chi connectivity index (χ0) is 26.0. The van der Waals surface area contributed by atoms with Crippen molar-refractivity contribution in [1.29, 1.82) is 0 Å². The van der Waals surface area contributed by atoms with E-state index in [9.17, 15) is 27.6 Å². The summed E-state index contributed by atoms with van der Waals surface area (Å²) in [4.78, 5) is 39.3. The average molecular weight is 499 g/mol. The highest BCUT2D eigenvalue weighted by Crippen LogP contribution is 2.41. The molecule has 1 aliphatic heterocycles. The Labute approximate surface area is 203 Å². The van der Waals surface area contributed by atoms with Gasteiger partial charge in [0, 0.05) is 25.7 Å². The van der Waals surface area contributed by atoms with E-state index in [2.05, 4.69) is 0 Å². The van der Waals surface area contributed by atoms with E-state index in [0.29, 0.717) is 50.8 Å². The number of ether oxygens (including phenoxy) is 2. The topological polar surface area (TPSA) is 76.2 Å². The third-order valence-corrected chi connectivity index (χ3v) is 6.40. The molecule has 0 unspecified atom stereocenters. The molecule has 0 radical (unpaired) electrons. The molecule has 194 valence electrons. The van der Waals surface area contributed by atoms with Gasteiger partial charge in [0.1, 0.15) is 5.60 Å². The van der Waals surface area contributed by atoms with Crippen molar-refractivity contribution in [3.8, 4) is 0 Å². The van der Waals surface area contributed by atoms with Gasteiger partial charge in [-0.3, -0.25) is 4.79 Å². The summed E-state index contributed by atoms with van der Waals surface area (Å²) in [5, 5.41) is 0. The number of hydrogen-bond donors (Lipinski definition) is 0. The second kappa shape index (κ2) is 10.1. The number of hydrogen-bond acceptors (Lipinski definition) is 5. The van der Waals surface area contributed by atoms with Gasteiger partial charge in [-0.2, -0.15) is 13.2 Å². The molecule has 1 saturated heterocycles. The summed E-state index contributed by atoms with van der Waals surface area (Å²) in [7, 11) is 1.28. The Morgan fingerprint density at radius 2 is 1.74 bits per heavy atom. The predicted octanol–water partition coefficient (Wildman–Crippen LogP) is 4.59. The monoisotopic (exact) mass is 498 g/mol. The molecule has 3 rings (SSSR count). The lowest BCUT2D eigenvalue weighted by molar-refractivity contribution is -0.188. The van der Waals surface area contributed by atoms with Gasteiger partial charge >= 0.3 is 24.1 Å². The summed E-state index contributed by atoms with van der Waals surface area (Å²) >= 11 is 0. The zero-order valence-corrected chi connectivity index (χ0v) is 20.6. The molecule has 2 amide bonds. The number of amides is 2. The second-order valence-electron chi connectivity index (χ2n) is 10.5. The maximum atomic E-state index is 13.4. The molecule has 2 fully saturated rings. The average Bonchev–Trinajstić information content (AvgIpc) is 3.60. The molecule has 1 heterocycles. The van der Waals surface area contributed by atoms with Crippen LogP contribution in [0.5, 0.6) is 0 Å². The number of rotatable bonds is 6. The molecule has 0 spiro atoms. The number of esters is 1. The van der Waals surface area contributed by atoms with Crippen LogP contribution in [0.3, 0.4) is 0 Å². The minimum Gasteiger partial charge on any atom is -0.465 e. The summed E-state index contributed by atoms with van der Waals surface area (Å²) in [6.07, 6.45) is -3.20. The number of nitrogens with zero attached hydrogens (tertiary/aromatic N) is 2. The van der Waals surface area contributed by atoms with Crippen molar-refractivity contribution in [3.63, 3.8) is 0 Å². The lowest BCUT2D eigenvalue weighted by Gasteiger charge is -2.45. The molecule has 1 aromatic rings. The highest BCUT2D eigenvalue weighted by Gasteiger charge is 2.50. The van der Waals surface area contributed by atoms with Gasteiger partial charge in [0.2, 0.25) is 0 Å². The van der Waals surface area contributed by atoms with E-state index >= 15 is 0 Å². The second-order valence-corrected chi connectivity index (χ2v) is 10.5. The Hall–Kier alpha value is -2.78. The number of carbonyl (C=O) groups excluding carboxylic acids is 3. The van der Waals surface area contributed by atoms with Crippen molar-refractivity contribution in [2.75, 3.05) is 26.7 Å². The molecule has 0 bridgehead atoms. The fraction of sp³-hybridized carbons (Fsp3) is 0.640. The van der Waals surface area contributed by atoms with Crippen molar-refractivity contribution in [1.82, 2.24) is 9.80 Å². The van der Waals surface area contributed by atoms with E-state index in [1.54, 1.807) is 43.9 Å². The van der Waals surface area contributed by atoms with E-state index in [1.165, 1.54) is 7.11 Å². The number of alkyl halides is 3. The molecular formula is C25H33F3N2O5. The summed E-state index contributed by atoms with van der Waals surface area (Å²) in [6, 6.07) is 6.36. The van der Waals surface area contributed by atoms with Gasteiger partial charge in [-0.15, -0.1) is 0 Å². The molecule has 1 aliphatic carbocycles. The van der Waals surface area contributed by atoms with Crippen LogP contribution in [0, 0.1) is 5.41 Å². The van der Waals surface area contributed by atoms with Crippen LogP contribution in [-0.2, 0) is 20.7 Å². The molecule has 0 N–H and O–H groups in total. The summed E-state index contributed by atoms with van der Waals surface area (Å²) in [6.45, 7) is 5.83. The van der Waals surface area contributed by atoms with E-state index in [-0.39, 0.29) is 6.54 Å². The molecule has 1 aromatic carbocycles. The van der Waals surface area contributed by atoms with Crippen LogP contribution >= 0.6 is 0 Å². The quantitative estimate of drug-likeness (QED) is 0.537. The smallest absolute Gasteiger partial charge is 0.465 e. The van der Waals surface area contributed by atoms with Crippen molar-refractivity contribution < 1.29 is 37.0 Å². The normalized spacial score (nSPS) is 18.1. The van der Waals surface area contributed by atoms with E-state index < -0.39 is 41.2 Å². The van der Waals surface area contributed by atoms with Crippen LogP contribution in [0.4, 0.5) is 18.0 Å². The maximum Gasteiger partial charge on any atom is 0.471 e. The maximum absolute atomic E-state index is 13.4. The number of likely N-dealkylation sites (tertiary alicyclic amines) is 1. The third kappa shape index (κ3) is 7.11. The van der Waals surface area contributed by atoms with Gasteiger partial charge in [0.25, 0.3) is 0 Å². The molecule has 7 nitrogen and oxygen atoms in total. The summed E-state index contributed by atoms with van der Waals surface area (Å²) in [5.74, 6) is -2.33. The number of benzene rings is 1. The van der Waals surface area contributed by atoms with E-state index in [0.717, 1.165) is 10.5 Å². The van der Waals surface area contributed by atoms with E-state index in [1.807, 2.05) is 6.07 Å². The van der Waals surface area contributed by atoms with Crippen molar-refractivity contribution in [2.45, 2.75) is 70.7 Å². The molecule has 1 saturated carbocycles. The van der Waals surface area contributed by atoms with Crippen LogP contribution in [-0.4, -0.2) is 72.3 Å². The van der Waals surface area contributed by atoms with Gasteiger partial charge in [0.05, 0.1) is 12.7 Å². The van der Waals surface area contributed by atoms with Crippen LogP contribution < -0.4 is 0 Å². The molecule has 0 atom stereocenters. The zero-order valence-electron chi connectivity index (χ0n) is 20.6. The Morgan fingerprint density at radius 3 is 2.26 bits per heavy atom. The summed E-state index contributed by atoms with van der Waals surface area (Å²) in [5.41, 5.74) is -0.260. The van der Waals surface area contributed by atoms with Crippen LogP contribution in [0.25, 0.3) is 0 Å². The van der Waals surface area contributed by atoms with Crippen LogP contribution in [0.2, 0.25) is 0 Å². The van der Waals surface area contributed by atoms with Gasteiger partial charge in [0.15, 0.2) is 0 Å². The number of carbonyl (C=O) groups is 3. The highest BCUT2D eigenvalue weighted by atomic mass is 19.4. The van der Waals surface area contributed by atoms with Gasteiger partial charge < -0.3 is 19.3 Å². The Morgan fingerprint density at radius 1 is 1.11 bits per heavy atom. The SMILES string of the molecule is COC(=O)c1cccc(CC2(CN(C(=O)C(F)(F)F)C3CC3)CCN(C(=O)OC(C)(C)C)CC2)c1.